The number of aliphatic hydroxyl groups excluding tert-OH is 1. The van der Waals surface area contributed by atoms with Crippen LogP contribution in [0, 0.1) is 17.8 Å². The number of benzene rings is 2. The van der Waals surface area contributed by atoms with Gasteiger partial charge in [0.2, 0.25) is 11.8 Å². The van der Waals surface area contributed by atoms with Gasteiger partial charge in [-0.25, -0.2) is 0 Å². The second-order valence-electron chi connectivity index (χ2n) is 13.2. The lowest BCUT2D eigenvalue weighted by atomic mass is 9.66. The van der Waals surface area contributed by atoms with Gasteiger partial charge in [-0.05, 0) is 81.1 Å². The van der Waals surface area contributed by atoms with Gasteiger partial charge in [-0.2, -0.15) is 0 Å². The molecule has 2 aromatic carbocycles. The maximum Gasteiger partial charge on any atom is 0.251 e. The molecule has 2 bridgehead atoms. The molecule has 3 saturated heterocycles. The summed E-state index contributed by atoms with van der Waals surface area (Å²) in [5, 5.41) is 10.8. The minimum atomic E-state index is -0.883. The summed E-state index contributed by atoms with van der Waals surface area (Å²) >= 11 is 1.63. The zero-order chi connectivity index (χ0) is 34.8. The number of aliphatic hydroxyl groups is 1. The van der Waals surface area contributed by atoms with Gasteiger partial charge in [-0.3, -0.25) is 14.4 Å². The van der Waals surface area contributed by atoms with Crippen molar-refractivity contribution in [2.45, 2.75) is 68.5 Å². The van der Waals surface area contributed by atoms with Crippen LogP contribution in [0.2, 0.25) is 0 Å². The van der Waals surface area contributed by atoms with Crippen LogP contribution in [-0.4, -0.2) is 82.7 Å². The molecule has 5 rings (SSSR count). The van der Waals surface area contributed by atoms with E-state index in [4.69, 9.17) is 9.47 Å². The molecule has 3 fully saturated rings. The van der Waals surface area contributed by atoms with Crippen LogP contribution in [0.4, 0.5) is 11.4 Å². The number of fused-ring (bicyclic) bond motifs is 1. The Morgan fingerprint density at radius 2 is 1.56 bits per heavy atom. The maximum atomic E-state index is 15.1. The van der Waals surface area contributed by atoms with E-state index in [1.54, 1.807) is 57.9 Å². The highest BCUT2D eigenvalue weighted by Crippen LogP contribution is 2.72. The first-order chi connectivity index (χ1) is 23.0. The highest BCUT2D eigenvalue weighted by Gasteiger charge is 2.78. The van der Waals surface area contributed by atoms with Crippen molar-refractivity contribution in [3.05, 3.63) is 73.8 Å². The number of amides is 3. The Morgan fingerprint density at radius 3 is 2.06 bits per heavy atom. The third kappa shape index (κ3) is 5.91. The molecule has 3 aliphatic heterocycles. The number of carbonyl (C=O) groups excluding carboxylic acids is 3. The van der Waals surface area contributed by atoms with E-state index in [-0.39, 0.29) is 43.3 Å². The molecular weight excluding hydrogens is 627 g/mol. The molecule has 1 N–H and O–H groups in total. The summed E-state index contributed by atoms with van der Waals surface area (Å²) in [5.41, 5.74) is 1.34. The van der Waals surface area contributed by atoms with Gasteiger partial charge in [0, 0.05) is 29.2 Å². The van der Waals surface area contributed by atoms with Crippen LogP contribution >= 0.6 is 11.8 Å². The molecule has 3 heterocycles. The predicted octanol–water partition coefficient (Wildman–Crippen LogP) is 5.72. The van der Waals surface area contributed by atoms with Crippen LogP contribution in [0.1, 0.15) is 47.0 Å². The van der Waals surface area contributed by atoms with Gasteiger partial charge in [0.15, 0.2) is 0 Å². The Balaban J connectivity index is 1.61. The van der Waals surface area contributed by atoms with E-state index in [1.807, 2.05) is 57.2 Å². The Bertz CT molecular complexity index is 1520. The third-order valence-corrected chi connectivity index (χ3v) is 12.5. The first-order valence-electron chi connectivity index (χ1n) is 16.9. The van der Waals surface area contributed by atoms with E-state index < -0.39 is 33.4 Å². The SMILES string of the molecule is C=CCN(C(=O)C1N([C@@H](CO)[C@@H](C)CC)C(=O)[C@@H]2[C@H](C(=O)N(CC=C)c3ccc(OCC)cc3)[C@]3(C)CCC12S3)c1ccc(OC)cc1. The first-order valence-corrected chi connectivity index (χ1v) is 17.7. The number of rotatable bonds is 15. The van der Waals surface area contributed by atoms with Gasteiger partial charge in [-0.15, -0.1) is 24.9 Å². The quantitative estimate of drug-likeness (QED) is 0.241. The zero-order valence-electron chi connectivity index (χ0n) is 28.8. The molecule has 258 valence electrons. The van der Waals surface area contributed by atoms with Crippen LogP contribution in [0.3, 0.4) is 0 Å². The van der Waals surface area contributed by atoms with Crippen molar-refractivity contribution in [2.24, 2.45) is 17.8 Å². The maximum absolute atomic E-state index is 15.1. The summed E-state index contributed by atoms with van der Waals surface area (Å²) in [6.45, 7) is 16.6. The zero-order valence-corrected chi connectivity index (χ0v) is 29.6. The van der Waals surface area contributed by atoms with Crippen LogP contribution < -0.4 is 19.3 Å². The third-order valence-electron chi connectivity index (χ3n) is 10.6. The Kier molecular flexibility index (Phi) is 10.7. The summed E-state index contributed by atoms with van der Waals surface area (Å²) in [7, 11) is 1.59. The van der Waals surface area contributed by atoms with Gasteiger partial charge in [0.1, 0.15) is 17.5 Å². The van der Waals surface area contributed by atoms with E-state index in [9.17, 15) is 14.7 Å². The largest absolute Gasteiger partial charge is 0.497 e. The Hall–Kier alpha value is -3.76. The monoisotopic (exact) mass is 675 g/mol. The average Bonchev–Trinajstić information content (AvgIpc) is 3.67. The normalized spacial score (nSPS) is 26.8. The number of ether oxygens (including phenoxy) is 2. The Morgan fingerprint density at radius 1 is 1.00 bits per heavy atom. The van der Waals surface area contributed by atoms with Gasteiger partial charge in [0.25, 0.3) is 5.91 Å². The summed E-state index contributed by atoms with van der Waals surface area (Å²) in [6.07, 6.45) is 5.36. The van der Waals surface area contributed by atoms with Crippen molar-refractivity contribution in [2.75, 3.05) is 43.2 Å². The number of hydrogen-bond donors (Lipinski definition) is 1. The van der Waals surface area contributed by atoms with Crippen molar-refractivity contribution < 1.29 is 29.0 Å². The summed E-state index contributed by atoms with van der Waals surface area (Å²) in [5.74, 6) is -0.766. The molecule has 0 saturated carbocycles. The fourth-order valence-electron chi connectivity index (χ4n) is 8.06. The number of thioether (sulfide) groups is 1. The van der Waals surface area contributed by atoms with Crippen molar-refractivity contribution in [1.82, 2.24) is 4.90 Å². The fourth-order valence-corrected chi connectivity index (χ4v) is 10.4. The molecule has 2 aromatic rings. The van der Waals surface area contributed by atoms with E-state index in [0.717, 1.165) is 0 Å². The second-order valence-corrected chi connectivity index (χ2v) is 15.1. The molecule has 3 aliphatic rings. The van der Waals surface area contributed by atoms with Crippen LogP contribution in [0.5, 0.6) is 11.5 Å². The highest BCUT2D eigenvalue weighted by atomic mass is 32.2. The molecule has 0 radical (unpaired) electrons. The molecule has 2 unspecified atom stereocenters. The number of likely N-dealkylation sites (tertiary alicyclic amines) is 1. The molecule has 0 aliphatic carbocycles. The fraction of sp³-hybridized carbons (Fsp3) is 0.500. The number of methoxy groups -OCH3 is 1. The van der Waals surface area contributed by atoms with E-state index in [1.165, 1.54) is 0 Å². The standard InChI is InChI=1S/C38H49N3O6S/c1-8-22-39(26-14-18-29(19-15-26)47-11-4)34(43)31-32-35(44)41(30(24-42)25(5)10-3)33(38(32)21-20-37(31,6)48-38)36(45)40(23-9-2)27-12-16-28(46-7)17-13-27/h8-9,12-19,25,30-33,42H,1-2,10-11,20-24H2,3-7H3/t25-,30-,31+,32-,33?,37-,38?/m0/s1. The van der Waals surface area contributed by atoms with Crippen LogP contribution in [0.15, 0.2) is 73.8 Å². The van der Waals surface area contributed by atoms with E-state index in [0.29, 0.717) is 48.7 Å². The smallest absolute Gasteiger partial charge is 0.251 e. The lowest BCUT2D eigenvalue weighted by Gasteiger charge is -2.41. The van der Waals surface area contributed by atoms with Gasteiger partial charge in [0.05, 0.1) is 42.9 Å². The molecule has 9 nitrogen and oxygen atoms in total. The van der Waals surface area contributed by atoms with Crippen molar-refractivity contribution in [3.63, 3.8) is 0 Å². The number of nitrogens with zero attached hydrogens (tertiary/aromatic N) is 3. The topological polar surface area (TPSA) is 99.6 Å². The minimum absolute atomic E-state index is 0.0774. The predicted molar refractivity (Wildman–Crippen MR) is 192 cm³/mol. The van der Waals surface area contributed by atoms with Crippen LogP contribution in [-0.2, 0) is 14.4 Å². The Labute approximate surface area is 288 Å². The molecule has 0 aromatic heterocycles. The van der Waals surface area contributed by atoms with Crippen molar-refractivity contribution >= 4 is 40.9 Å². The van der Waals surface area contributed by atoms with Crippen molar-refractivity contribution in [1.29, 1.82) is 0 Å². The molecular formula is C38H49N3O6S. The second kappa shape index (κ2) is 14.4. The molecule has 7 atom stereocenters. The number of anilines is 2. The van der Waals surface area contributed by atoms with E-state index in [2.05, 4.69) is 20.1 Å². The summed E-state index contributed by atoms with van der Waals surface area (Å²) in [6, 6.07) is 13.2. The van der Waals surface area contributed by atoms with Gasteiger partial charge < -0.3 is 29.3 Å². The van der Waals surface area contributed by atoms with Crippen LogP contribution in [0.25, 0.3) is 0 Å². The molecule has 48 heavy (non-hydrogen) atoms. The molecule has 3 amide bonds. The minimum Gasteiger partial charge on any atom is -0.497 e. The summed E-state index contributed by atoms with van der Waals surface area (Å²) in [4.78, 5) is 49.9. The van der Waals surface area contributed by atoms with Crippen molar-refractivity contribution in [3.8, 4) is 11.5 Å². The van der Waals surface area contributed by atoms with Gasteiger partial charge >= 0.3 is 0 Å². The lowest BCUT2D eigenvalue weighted by molar-refractivity contribution is -0.143. The highest BCUT2D eigenvalue weighted by molar-refractivity contribution is 8.02. The first kappa shape index (κ1) is 35.5. The molecule has 1 spiro atoms. The molecule has 10 heteroatoms. The average molecular weight is 676 g/mol. The number of hydrogen-bond acceptors (Lipinski definition) is 7. The van der Waals surface area contributed by atoms with Gasteiger partial charge in [-0.1, -0.05) is 32.4 Å². The summed E-state index contributed by atoms with van der Waals surface area (Å²) < 4.78 is 9.56. The lowest BCUT2D eigenvalue weighted by Crippen LogP contribution is -2.58. The van der Waals surface area contributed by atoms with E-state index >= 15 is 4.79 Å². The number of carbonyl (C=O) groups is 3.